The van der Waals surface area contributed by atoms with Crippen LogP contribution in [0.15, 0.2) is 59.6 Å². The van der Waals surface area contributed by atoms with Crippen molar-refractivity contribution in [2.24, 2.45) is 0 Å². The van der Waals surface area contributed by atoms with Crippen molar-refractivity contribution in [3.63, 3.8) is 0 Å². The van der Waals surface area contributed by atoms with Gasteiger partial charge in [0.05, 0.1) is 25.7 Å². The molecule has 0 unspecified atom stereocenters. The predicted octanol–water partition coefficient (Wildman–Crippen LogP) is 4.20. The number of rotatable bonds is 7. The second-order valence-corrected chi connectivity index (χ2v) is 7.03. The Balaban J connectivity index is 1.61. The van der Waals surface area contributed by atoms with Gasteiger partial charge in [-0.25, -0.2) is 0 Å². The number of carbonyl (C=O) groups is 1. The normalized spacial score (nSPS) is 10.4. The minimum atomic E-state index is -0.0821. The molecule has 0 radical (unpaired) electrons. The van der Waals surface area contributed by atoms with Crippen LogP contribution >= 0.6 is 11.8 Å². The summed E-state index contributed by atoms with van der Waals surface area (Å²) in [5, 5.41) is 12.0. The zero-order chi connectivity index (χ0) is 19.9. The Hall–Kier alpha value is -3.06. The number of anilines is 1. The molecule has 2 aromatic carbocycles. The number of nitrogens with zero attached hydrogens (tertiary/aromatic N) is 2. The van der Waals surface area contributed by atoms with Gasteiger partial charge in [-0.2, -0.15) is 0 Å². The van der Waals surface area contributed by atoms with Crippen molar-refractivity contribution < 1.29 is 14.3 Å². The van der Waals surface area contributed by atoms with Gasteiger partial charge in [-0.3, -0.25) is 4.79 Å². The SMILES string of the molecule is COc1ccc(-c2ccc(SCC(=O)Nc3cccc(C)c3)nn2)cc1OC. The summed E-state index contributed by atoms with van der Waals surface area (Å²) in [6.45, 7) is 1.99. The van der Waals surface area contributed by atoms with Crippen molar-refractivity contribution in [2.45, 2.75) is 11.9 Å². The zero-order valence-corrected chi connectivity index (χ0v) is 16.7. The third kappa shape index (κ3) is 5.01. The summed E-state index contributed by atoms with van der Waals surface area (Å²) in [4.78, 5) is 12.1. The molecule has 0 bridgehead atoms. The largest absolute Gasteiger partial charge is 0.493 e. The average Bonchev–Trinajstić information content (AvgIpc) is 2.72. The second-order valence-electron chi connectivity index (χ2n) is 6.03. The van der Waals surface area contributed by atoms with Gasteiger partial charge in [0.1, 0.15) is 5.03 Å². The number of aromatic nitrogens is 2. The molecule has 0 atom stereocenters. The highest BCUT2D eigenvalue weighted by molar-refractivity contribution is 7.99. The summed E-state index contributed by atoms with van der Waals surface area (Å²) < 4.78 is 10.6. The van der Waals surface area contributed by atoms with E-state index in [1.807, 2.05) is 61.5 Å². The van der Waals surface area contributed by atoms with E-state index in [9.17, 15) is 4.79 Å². The molecule has 0 aliphatic carbocycles. The number of nitrogens with one attached hydrogen (secondary N) is 1. The van der Waals surface area contributed by atoms with Crippen molar-refractivity contribution in [1.29, 1.82) is 0 Å². The first kappa shape index (κ1) is 19.7. The lowest BCUT2D eigenvalue weighted by atomic mass is 10.1. The number of hydrogen-bond acceptors (Lipinski definition) is 6. The molecular weight excluding hydrogens is 374 g/mol. The highest BCUT2D eigenvalue weighted by Gasteiger charge is 2.09. The van der Waals surface area contributed by atoms with Gasteiger partial charge in [0, 0.05) is 11.3 Å². The molecule has 0 aliphatic rings. The van der Waals surface area contributed by atoms with E-state index in [1.165, 1.54) is 11.8 Å². The topological polar surface area (TPSA) is 73.3 Å². The standard InChI is InChI=1S/C21H21N3O3S/c1-14-5-4-6-16(11-14)22-20(25)13-28-21-10-8-17(23-24-21)15-7-9-18(26-2)19(12-15)27-3/h4-12H,13H2,1-3H3,(H,22,25). The van der Waals surface area contributed by atoms with Gasteiger partial charge < -0.3 is 14.8 Å². The number of carbonyl (C=O) groups excluding carboxylic acids is 1. The van der Waals surface area contributed by atoms with Gasteiger partial charge in [-0.15, -0.1) is 10.2 Å². The van der Waals surface area contributed by atoms with Crippen LogP contribution in [0.5, 0.6) is 11.5 Å². The fourth-order valence-corrected chi connectivity index (χ4v) is 3.22. The lowest BCUT2D eigenvalue weighted by Crippen LogP contribution is -2.14. The number of aryl methyl sites for hydroxylation is 1. The molecule has 0 fully saturated rings. The monoisotopic (exact) mass is 395 g/mol. The van der Waals surface area contributed by atoms with Crippen molar-refractivity contribution in [2.75, 3.05) is 25.3 Å². The maximum Gasteiger partial charge on any atom is 0.234 e. The van der Waals surface area contributed by atoms with Gasteiger partial charge in [-0.1, -0.05) is 23.9 Å². The van der Waals surface area contributed by atoms with E-state index in [2.05, 4.69) is 15.5 Å². The number of hydrogen-bond donors (Lipinski definition) is 1. The molecule has 144 valence electrons. The molecule has 3 aromatic rings. The van der Waals surface area contributed by atoms with E-state index in [4.69, 9.17) is 9.47 Å². The van der Waals surface area contributed by atoms with Gasteiger partial charge in [0.15, 0.2) is 11.5 Å². The van der Waals surface area contributed by atoms with Crippen molar-refractivity contribution in [3.8, 4) is 22.8 Å². The predicted molar refractivity (Wildman–Crippen MR) is 111 cm³/mol. The maximum atomic E-state index is 12.1. The Morgan fingerprint density at radius 2 is 1.82 bits per heavy atom. The lowest BCUT2D eigenvalue weighted by Gasteiger charge is -2.09. The van der Waals surface area contributed by atoms with Gasteiger partial charge in [0.2, 0.25) is 5.91 Å². The second kappa shape index (κ2) is 9.23. The van der Waals surface area contributed by atoms with Crippen LogP contribution < -0.4 is 14.8 Å². The quantitative estimate of drug-likeness (QED) is 0.605. The molecule has 6 nitrogen and oxygen atoms in total. The van der Waals surface area contributed by atoms with E-state index in [0.29, 0.717) is 16.5 Å². The molecule has 0 spiro atoms. The molecule has 7 heteroatoms. The van der Waals surface area contributed by atoms with Crippen molar-refractivity contribution >= 4 is 23.4 Å². The molecular formula is C21H21N3O3S. The number of ether oxygens (including phenoxy) is 2. The Labute approximate surface area is 168 Å². The minimum absolute atomic E-state index is 0.0821. The van der Waals surface area contributed by atoms with Crippen molar-refractivity contribution in [3.05, 3.63) is 60.2 Å². The van der Waals surface area contributed by atoms with Crippen LogP contribution in [-0.2, 0) is 4.79 Å². The molecule has 28 heavy (non-hydrogen) atoms. The molecule has 0 saturated carbocycles. The van der Waals surface area contributed by atoms with E-state index < -0.39 is 0 Å². The zero-order valence-electron chi connectivity index (χ0n) is 15.9. The molecule has 1 amide bonds. The van der Waals surface area contributed by atoms with Crippen LogP contribution in [0, 0.1) is 6.92 Å². The third-order valence-corrected chi connectivity index (χ3v) is 4.89. The average molecular weight is 395 g/mol. The maximum absolute atomic E-state index is 12.1. The molecule has 0 aliphatic heterocycles. The summed E-state index contributed by atoms with van der Waals surface area (Å²) in [5.41, 5.74) is 3.48. The van der Waals surface area contributed by atoms with Gasteiger partial charge in [0.25, 0.3) is 0 Å². The van der Waals surface area contributed by atoms with Crippen LogP contribution in [0.4, 0.5) is 5.69 Å². The number of benzene rings is 2. The third-order valence-electron chi connectivity index (χ3n) is 3.97. The van der Waals surface area contributed by atoms with Gasteiger partial charge >= 0.3 is 0 Å². The minimum Gasteiger partial charge on any atom is -0.493 e. The van der Waals surface area contributed by atoms with Crippen molar-refractivity contribution in [1.82, 2.24) is 10.2 Å². The van der Waals surface area contributed by atoms with E-state index in [0.717, 1.165) is 22.5 Å². The molecule has 1 aromatic heterocycles. The van der Waals surface area contributed by atoms with Crippen LogP contribution in [0.1, 0.15) is 5.56 Å². The lowest BCUT2D eigenvalue weighted by molar-refractivity contribution is -0.113. The smallest absolute Gasteiger partial charge is 0.234 e. The first-order valence-corrected chi connectivity index (χ1v) is 9.63. The number of methoxy groups -OCH3 is 2. The highest BCUT2D eigenvalue weighted by Crippen LogP contribution is 2.31. The summed E-state index contributed by atoms with van der Waals surface area (Å²) in [6.07, 6.45) is 0. The van der Waals surface area contributed by atoms with E-state index in [1.54, 1.807) is 14.2 Å². The Bertz CT molecular complexity index is 961. The van der Waals surface area contributed by atoms with Crippen LogP contribution in [0.3, 0.4) is 0 Å². The Morgan fingerprint density at radius 1 is 1.00 bits per heavy atom. The first-order chi connectivity index (χ1) is 13.6. The fraction of sp³-hybridized carbons (Fsp3) is 0.190. The van der Waals surface area contributed by atoms with Crippen LogP contribution in [0.25, 0.3) is 11.3 Å². The first-order valence-electron chi connectivity index (χ1n) is 8.64. The summed E-state index contributed by atoms with van der Waals surface area (Å²) in [7, 11) is 3.19. The van der Waals surface area contributed by atoms with E-state index in [-0.39, 0.29) is 11.7 Å². The highest BCUT2D eigenvalue weighted by atomic mass is 32.2. The van der Waals surface area contributed by atoms with E-state index >= 15 is 0 Å². The van der Waals surface area contributed by atoms with Gasteiger partial charge in [-0.05, 0) is 55.0 Å². The summed E-state index contributed by atoms with van der Waals surface area (Å²) >= 11 is 1.34. The number of amides is 1. The Kier molecular flexibility index (Phi) is 6.49. The summed E-state index contributed by atoms with van der Waals surface area (Å²) in [5.74, 6) is 1.47. The molecule has 1 N–H and O–H groups in total. The summed E-state index contributed by atoms with van der Waals surface area (Å²) in [6, 6.07) is 17.0. The number of thioether (sulfide) groups is 1. The van der Waals surface area contributed by atoms with Crippen LogP contribution in [-0.4, -0.2) is 36.1 Å². The Morgan fingerprint density at radius 3 is 2.50 bits per heavy atom. The molecule has 1 heterocycles. The molecule has 0 saturated heterocycles. The molecule has 3 rings (SSSR count). The fourth-order valence-electron chi connectivity index (χ4n) is 2.61. The van der Waals surface area contributed by atoms with Crippen LogP contribution in [0.2, 0.25) is 0 Å².